The number of hydrogen-bond acceptors (Lipinski definition) is 6. The van der Waals surface area contributed by atoms with E-state index in [1.807, 2.05) is 25.1 Å². The zero-order chi connectivity index (χ0) is 18.9. The van der Waals surface area contributed by atoms with Gasteiger partial charge >= 0.3 is 0 Å². The molecule has 2 aliphatic rings. The number of nitrogens with zero attached hydrogens (tertiary/aromatic N) is 3. The first-order valence-electron chi connectivity index (χ1n) is 9.66. The van der Waals surface area contributed by atoms with E-state index < -0.39 is 5.41 Å². The maximum Gasteiger partial charge on any atom is 0.229 e. The van der Waals surface area contributed by atoms with Gasteiger partial charge in [-0.1, -0.05) is 17.6 Å². The summed E-state index contributed by atoms with van der Waals surface area (Å²) in [4.78, 5) is 4.40. The molecule has 0 amide bonds. The Balaban J connectivity index is 1.62. The molecule has 2 atom stereocenters. The lowest BCUT2D eigenvalue weighted by atomic mass is 9.66. The van der Waals surface area contributed by atoms with Crippen molar-refractivity contribution < 1.29 is 14.0 Å². The molecule has 0 spiro atoms. The number of hydrogen-bond donors (Lipinski definition) is 0. The highest BCUT2D eigenvalue weighted by molar-refractivity contribution is 5.47. The highest BCUT2D eigenvalue weighted by Gasteiger charge is 2.41. The van der Waals surface area contributed by atoms with Crippen molar-refractivity contribution in [3.05, 3.63) is 35.5 Å². The summed E-state index contributed by atoms with van der Waals surface area (Å²) in [6, 6.07) is 8.50. The Labute approximate surface area is 159 Å². The van der Waals surface area contributed by atoms with E-state index in [0.717, 1.165) is 30.6 Å². The highest BCUT2D eigenvalue weighted by atomic mass is 16.5. The molecule has 142 valence electrons. The van der Waals surface area contributed by atoms with Gasteiger partial charge in [0.2, 0.25) is 5.89 Å². The molecular formula is C21H25N3O3. The Bertz CT molecular complexity index is 853. The molecule has 0 unspecified atom stereocenters. The standard InChI is InChI=1S/C21H25N3O3/c1-14-23-20(27-24-14)16-4-3-9-21(11-16,13-22)17-7-8-18(25-2)19(10-17)26-12-15-5-6-15/h7-8,10,15-16H,3-6,9,11-12H2,1-2H3/t16-,21+/m1/s1. The summed E-state index contributed by atoms with van der Waals surface area (Å²) >= 11 is 0. The molecule has 6 heteroatoms. The fourth-order valence-corrected chi connectivity index (χ4v) is 3.97. The van der Waals surface area contributed by atoms with E-state index in [1.54, 1.807) is 7.11 Å². The van der Waals surface area contributed by atoms with Gasteiger partial charge in [-0.15, -0.1) is 0 Å². The van der Waals surface area contributed by atoms with Gasteiger partial charge in [0, 0.05) is 5.92 Å². The van der Waals surface area contributed by atoms with E-state index in [-0.39, 0.29) is 5.92 Å². The number of nitriles is 1. The lowest BCUT2D eigenvalue weighted by Crippen LogP contribution is -2.31. The first kappa shape index (κ1) is 17.8. The summed E-state index contributed by atoms with van der Waals surface area (Å²) in [6.45, 7) is 2.53. The van der Waals surface area contributed by atoms with Gasteiger partial charge in [0.1, 0.15) is 0 Å². The predicted molar refractivity (Wildman–Crippen MR) is 98.7 cm³/mol. The smallest absolute Gasteiger partial charge is 0.229 e. The Morgan fingerprint density at radius 3 is 2.81 bits per heavy atom. The fourth-order valence-electron chi connectivity index (χ4n) is 3.97. The molecule has 1 aromatic carbocycles. The number of rotatable bonds is 6. The summed E-state index contributed by atoms with van der Waals surface area (Å²) in [5.74, 6) is 3.49. The van der Waals surface area contributed by atoms with Crippen LogP contribution in [0.5, 0.6) is 11.5 Å². The van der Waals surface area contributed by atoms with Crippen molar-refractivity contribution in [1.82, 2.24) is 10.1 Å². The Morgan fingerprint density at radius 1 is 1.30 bits per heavy atom. The molecule has 2 aliphatic carbocycles. The largest absolute Gasteiger partial charge is 0.493 e. The number of aryl methyl sites for hydroxylation is 1. The third-order valence-electron chi connectivity index (χ3n) is 5.75. The van der Waals surface area contributed by atoms with Crippen LogP contribution >= 0.6 is 0 Å². The maximum atomic E-state index is 10.1. The molecule has 0 aliphatic heterocycles. The van der Waals surface area contributed by atoms with Crippen molar-refractivity contribution in [3.8, 4) is 17.6 Å². The second kappa shape index (κ2) is 7.22. The van der Waals surface area contributed by atoms with Gasteiger partial charge in [-0.2, -0.15) is 10.2 Å². The molecule has 0 saturated heterocycles. The first-order chi connectivity index (χ1) is 13.1. The third-order valence-corrected chi connectivity index (χ3v) is 5.75. The molecule has 0 N–H and O–H groups in total. The molecule has 6 nitrogen and oxygen atoms in total. The van der Waals surface area contributed by atoms with Crippen molar-refractivity contribution in [1.29, 1.82) is 5.26 Å². The average Bonchev–Trinajstić information content (AvgIpc) is 3.44. The molecule has 1 aromatic heterocycles. The van der Waals surface area contributed by atoms with E-state index in [4.69, 9.17) is 14.0 Å². The SMILES string of the molecule is COc1ccc([C@@]2(C#N)CCC[C@@H](c3nc(C)no3)C2)cc1OCC1CC1. The van der Waals surface area contributed by atoms with Gasteiger partial charge < -0.3 is 14.0 Å². The number of ether oxygens (including phenoxy) is 2. The second-order valence-corrected chi connectivity index (χ2v) is 7.79. The van der Waals surface area contributed by atoms with Crippen LogP contribution in [0.15, 0.2) is 22.7 Å². The summed E-state index contributed by atoms with van der Waals surface area (Å²) < 4.78 is 16.9. The van der Waals surface area contributed by atoms with Crippen LogP contribution in [0.25, 0.3) is 0 Å². The molecule has 0 radical (unpaired) electrons. The van der Waals surface area contributed by atoms with Crippen LogP contribution < -0.4 is 9.47 Å². The summed E-state index contributed by atoms with van der Waals surface area (Å²) in [5, 5.41) is 14.0. The van der Waals surface area contributed by atoms with Crippen LogP contribution in [-0.2, 0) is 5.41 Å². The monoisotopic (exact) mass is 367 g/mol. The van der Waals surface area contributed by atoms with E-state index in [0.29, 0.717) is 36.4 Å². The van der Waals surface area contributed by atoms with Gasteiger partial charge in [0.15, 0.2) is 17.3 Å². The Morgan fingerprint density at radius 2 is 2.15 bits per heavy atom. The van der Waals surface area contributed by atoms with Crippen LogP contribution in [0.3, 0.4) is 0 Å². The summed E-state index contributed by atoms with van der Waals surface area (Å²) in [7, 11) is 1.65. The van der Waals surface area contributed by atoms with E-state index in [1.165, 1.54) is 12.8 Å². The van der Waals surface area contributed by atoms with Gasteiger partial charge in [-0.25, -0.2) is 0 Å². The minimum absolute atomic E-state index is 0.109. The Kier molecular flexibility index (Phi) is 4.77. The molecule has 1 heterocycles. The zero-order valence-electron chi connectivity index (χ0n) is 15.9. The van der Waals surface area contributed by atoms with E-state index in [9.17, 15) is 5.26 Å². The highest BCUT2D eigenvalue weighted by Crippen LogP contribution is 2.47. The van der Waals surface area contributed by atoms with Crippen LogP contribution in [0.1, 0.15) is 61.7 Å². The predicted octanol–water partition coefficient (Wildman–Crippen LogP) is 4.29. The van der Waals surface area contributed by atoms with E-state index in [2.05, 4.69) is 16.2 Å². The molecule has 2 saturated carbocycles. The Hall–Kier alpha value is -2.55. The normalized spacial score (nSPS) is 25.0. The van der Waals surface area contributed by atoms with Crippen molar-refractivity contribution in [3.63, 3.8) is 0 Å². The fraction of sp³-hybridized carbons (Fsp3) is 0.571. The quantitative estimate of drug-likeness (QED) is 0.757. The molecule has 0 bridgehead atoms. The van der Waals surface area contributed by atoms with Crippen molar-refractivity contribution >= 4 is 0 Å². The number of methoxy groups -OCH3 is 1. The molecule has 27 heavy (non-hydrogen) atoms. The second-order valence-electron chi connectivity index (χ2n) is 7.79. The maximum absolute atomic E-state index is 10.1. The molecular weight excluding hydrogens is 342 g/mol. The van der Waals surface area contributed by atoms with Gasteiger partial charge in [0.05, 0.1) is 25.2 Å². The zero-order valence-corrected chi connectivity index (χ0v) is 15.9. The third kappa shape index (κ3) is 3.64. The van der Waals surface area contributed by atoms with Crippen molar-refractivity contribution in [2.45, 2.75) is 56.8 Å². The topological polar surface area (TPSA) is 81.2 Å². The average molecular weight is 367 g/mol. The van der Waals surface area contributed by atoms with Crippen LogP contribution in [-0.4, -0.2) is 23.9 Å². The van der Waals surface area contributed by atoms with Crippen LogP contribution in [0, 0.1) is 24.2 Å². The van der Waals surface area contributed by atoms with Gasteiger partial charge in [-0.3, -0.25) is 0 Å². The van der Waals surface area contributed by atoms with E-state index >= 15 is 0 Å². The minimum atomic E-state index is -0.574. The van der Waals surface area contributed by atoms with Crippen LogP contribution in [0.4, 0.5) is 0 Å². The van der Waals surface area contributed by atoms with Crippen molar-refractivity contribution in [2.75, 3.05) is 13.7 Å². The minimum Gasteiger partial charge on any atom is -0.493 e. The van der Waals surface area contributed by atoms with Crippen molar-refractivity contribution in [2.24, 2.45) is 5.92 Å². The number of aromatic nitrogens is 2. The molecule has 2 aromatic rings. The number of benzene rings is 1. The summed E-state index contributed by atoms with van der Waals surface area (Å²) in [5.41, 5.74) is 0.410. The van der Waals surface area contributed by atoms with Gasteiger partial charge in [-0.05, 0) is 62.6 Å². The molecule has 4 rings (SSSR count). The van der Waals surface area contributed by atoms with Crippen LogP contribution in [0.2, 0.25) is 0 Å². The molecule has 2 fully saturated rings. The lowest BCUT2D eigenvalue weighted by Gasteiger charge is -2.35. The first-order valence-corrected chi connectivity index (χ1v) is 9.66. The summed E-state index contributed by atoms with van der Waals surface area (Å²) in [6.07, 6.45) is 5.88. The van der Waals surface area contributed by atoms with Gasteiger partial charge in [0.25, 0.3) is 0 Å². The lowest BCUT2D eigenvalue weighted by molar-refractivity contribution is 0.263.